The highest BCUT2D eigenvalue weighted by Gasteiger charge is 2.73. The third kappa shape index (κ3) is 3.57. The molecule has 1 saturated heterocycles. The molecule has 0 radical (unpaired) electrons. The second-order valence-corrected chi connectivity index (χ2v) is 6.70. The molecule has 0 saturated carbocycles. The third-order valence-electron chi connectivity index (χ3n) is 4.84. The number of hydrogen-bond acceptors (Lipinski definition) is 8. The number of aliphatic hydroxyl groups is 1. The Balaban J connectivity index is 2.81. The van der Waals surface area contributed by atoms with E-state index in [0.29, 0.717) is 5.56 Å². The number of carbonyl (C=O) groups is 4. The monoisotopic (exact) mass is 407 g/mol. The number of nitrogens with zero attached hydrogens (tertiary/aromatic N) is 1. The number of methoxy groups -OCH3 is 1. The lowest BCUT2D eigenvalue weighted by Crippen LogP contribution is -2.69. The Morgan fingerprint density at radius 1 is 1.10 bits per heavy atom. The van der Waals surface area contributed by atoms with E-state index in [1.165, 1.54) is 13.8 Å². The van der Waals surface area contributed by atoms with Gasteiger partial charge in [0.05, 0.1) is 26.7 Å². The summed E-state index contributed by atoms with van der Waals surface area (Å²) in [6.07, 6.45) is -0.592. The van der Waals surface area contributed by atoms with E-state index in [0.717, 1.165) is 18.9 Å². The van der Waals surface area contributed by atoms with Crippen molar-refractivity contribution in [1.82, 2.24) is 4.90 Å². The Kier molecular flexibility index (Phi) is 6.63. The molecule has 1 aliphatic heterocycles. The number of likely N-dealkylation sites (tertiary alicyclic amines) is 1. The van der Waals surface area contributed by atoms with Crippen LogP contribution in [0, 0.1) is 0 Å². The molecule has 1 aromatic carbocycles. The Labute approximate surface area is 168 Å². The van der Waals surface area contributed by atoms with E-state index < -0.39 is 47.4 Å². The fourth-order valence-corrected chi connectivity index (χ4v) is 3.62. The SMILES string of the molecule is CCOC(=O)C1(C(=O)OCC)N(C(C(=O)OC)c2ccccc2)C(=O)CC1(C)O. The van der Waals surface area contributed by atoms with Crippen LogP contribution in [0.2, 0.25) is 0 Å². The average molecular weight is 407 g/mol. The van der Waals surface area contributed by atoms with Crippen molar-refractivity contribution in [2.24, 2.45) is 0 Å². The molecule has 1 fully saturated rings. The lowest BCUT2D eigenvalue weighted by molar-refractivity contribution is -0.192. The maximum Gasteiger partial charge on any atom is 0.347 e. The smallest absolute Gasteiger partial charge is 0.347 e. The maximum absolute atomic E-state index is 13.1. The lowest BCUT2D eigenvalue weighted by atomic mass is 9.80. The molecule has 1 aromatic rings. The molecule has 9 nitrogen and oxygen atoms in total. The summed E-state index contributed by atoms with van der Waals surface area (Å²) in [6.45, 7) is 3.96. The van der Waals surface area contributed by atoms with Crippen LogP contribution in [0.5, 0.6) is 0 Å². The van der Waals surface area contributed by atoms with E-state index in [1.807, 2.05) is 0 Å². The van der Waals surface area contributed by atoms with Gasteiger partial charge in [-0.2, -0.15) is 0 Å². The zero-order valence-electron chi connectivity index (χ0n) is 16.8. The van der Waals surface area contributed by atoms with Crippen molar-refractivity contribution >= 4 is 23.8 Å². The van der Waals surface area contributed by atoms with Gasteiger partial charge in [0, 0.05) is 0 Å². The summed E-state index contributed by atoms with van der Waals surface area (Å²) in [7, 11) is 1.12. The van der Waals surface area contributed by atoms with Crippen LogP contribution in [0.15, 0.2) is 30.3 Å². The van der Waals surface area contributed by atoms with Crippen molar-refractivity contribution in [3.8, 4) is 0 Å². The molecule has 2 rings (SSSR count). The highest BCUT2D eigenvalue weighted by atomic mass is 16.6. The van der Waals surface area contributed by atoms with Crippen LogP contribution in [0.4, 0.5) is 0 Å². The van der Waals surface area contributed by atoms with Gasteiger partial charge in [-0.15, -0.1) is 0 Å². The number of esters is 3. The molecular formula is C20H25NO8. The van der Waals surface area contributed by atoms with Gasteiger partial charge in [0.15, 0.2) is 6.04 Å². The first-order valence-electron chi connectivity index (χ1n) is 9.20. The topological polar surface area (TPSA) is 119 Å². The van der Waals surface area contributed by atoms with Crippen molar-refractivity contribution < 1.29 is 38.5 Å². The van der Waals surface area contributed by atoms with Gasteiger partial charge in [-0.3, -0.25) is 9.69 Å². The van der Waals surface area contributed by atoms with Gasteiger partial charge in [0.25, 0.3) is 5.54 Å². The van der Waals surface area contributed by atoms with Crippen LogP contribution >= 0.6 is 0 Å². The minimum Gasteiger partial charge on any atom is -0.467 e. The molecular weight excluding hydrogens is 382 g/mol. The number of amides is 1. The molecule has 9 heteroatoms. The Morgan fingerprint density at radius 2 is 1.62 bits per heavy atom. The van der Waals surface area contributed by atoms with Crippen LogP contribution in [-0.4, -0.2) is 65.3 Å². The molecule has 0 aromatic heterocycles. The molecule has 2 unspecified atom stereocenters. The van der Waals surface area contributed by atoms with Gasteiger partial charge in [0.2, 0.25) is 5.91 Å². The normalized spacial score (nSPS) is 21.4. The van der Waals surface area contributed by atoms with E-state index >= 15 is 0 Å². The summed E-state index contributed by atoms with van der Waals surface area (Å²) in [6, 6.07) is 6.56. The maximum atomic E-state index is 13.1. The number of ether oxygens (including phenoxy) is 3. The van der Waals surface area contributed by atoms with E-state index in [9.17, 15) is 24.3 Å². The fraction of sp³-hybridized carbons (Fsp3) is 0.500. The zero-order chi connectivity index (χ0) is 21.8. The largest absolute Gasteiger partial charge is 0.467 e. The second-order valence-electron chi connectivity index (χ2n) is 6.70. The van der Waals surface area contributed by atoms with E-state index in [2.05, 4.69) is 0 Å². The van der Waals surface area contributed by atoms with E-state index in [4.69, 9.17) is 14.2 Å². The zero-order valence-corrected chi connectivity index (χ0v) is 16.8. The first kappa shape index (κ1) is 22.4. The number of rotatable bonds is 7. The predicted molar refractivity (Wildman–Crippen MR) is 99.3 cm³/mol. The van der Waals surface area contributed by atoms with Crippen molar-refractivity contribution in [2.75, 3.05) is 20.3 Å². The molecule has 0 spiro atoms. The lowest BCUT2D eigenvalue weighted by Gasteiger charge is -2.42. The molecule has 2 atom stereocenters. The highest BCUT2D eigenvalue weighted by molar-refractivity contribution is 6.13. The molecule has 1 N–H and O–H groups in total. The number of benzene rings is 1. The standard InChI is InChI=1S/C20H25NO8/c1-5-28-17(24)20(18(25)29-6-2)19(3,26)12-14(22)21(20)15(16(23)27-4)13-10-8-7-9-11-13/h7-11,15,26H,5-6,12H2,1-4H3. The summed E-state index contributed by atoms with van der Waals surface area (Å²) in [4.78, 5) is 52.6. The molecule has 0 aliphatic carbocycles. The van der Waals surface area contributed by atoms with Crippen LogP contribution in [0.3, 0.4) is 0 Å². The quantitative estimate of drug-likeness (QED) is 0.399. The summed E-state index contributed by atoms with van der Waals surface area (Å²) < 4.78 is 15.0. The minimum atomic E-state index is -2.58. The van der Waals surface area contributed by atoms with Gasteiger partial charge in [-0.05, 0) is 26.3 Å². The highest BCUT2D eigenvalue weighted by Crippen LogP contribution is 2.46. The molecule has 0 bridgehead atoms. The first-order chi connectivity index (χ1) is 13.7. The van der Waals surface area contributed by atoms with Gasteiger partial charge in [-0.25, -0.2) is 14.4 Å². The van der Waals surface area contributed by atoms with Crippen molar-refractivity contribution in [1.29, 1.82) is 0 Å². The number of hydrogen-bond donors (Lipinski definition) is 1. The fourth-order valence-electron chi connectivity index (χ4n) is 3.62. The Hall–Kier alpha value is -2.94. The summed E-state index contributed by atoms with van der Waals surface area (Å²) >= 11 is 0. The minimum absolute atomic E-state index is 0.119. The molecule has 1 amide bonds. The van der Waals surface area contributed by atoms with Crippen LogP contribution in [0.1, 0.15) is 38.8 Å². The van der Waals surface area contributed by atoms with Gasteiger partial charge < -0.3 is 19.3 Å². The van der Waals surface area contributed by atoms with Crippen molar-refractivity contribution in [3.63, 3.8) is 0 Å². The molecule has 1 aliphatic rings. The van der Waals surface area contributed by atoms with Crippen LogP contribution in [0.25, 0.3) is 0 Å². The van der Waals surface area contributed by atoms with E-state index in [1.54, 1.807) is 30.3 Å². The average Bonchev–Trinajstić information content (AvgIpc) is 2.89. The van der Waals surface area contributed by atoms with Crippen LogP contribution in [-0.2, 0) is 33.4 Å². The van der Waals surface area contributed by atoms with Crippen LogP contribution < -0.4 is 0 Å². The predicted octanol–water partition coefficient (Wildman–Crippen LogP) is 0.749. The van der Waals surface area contributed by atoms with E-state index in [-0.39, 0.29) is 13.2 Å². The van der Waals surface area contributed by atoms with Gasteiger partial charge in [0.1, 0.15) is 5.60 Å². The number of carbonyl (C=O) groups excluding carboxylic acids is 4. The molecule has 1 heterocycles. The summed E-state index contributed by atoms with van der Waals surface area (Å²) in [5, 5.41) is 11.1. The summed E-state index contributed by atoms with van der Waals surface area (Å²) in [5.41, 5.74) is -4.47. The molecule has 158 valence electrons. The van der Waals surface area contributed by atoms with Gasteiger partial charge >= 0.3 is 17.9 Å². The first-order valence-corrected chi connectivity index (χ1v) is 9.20. The van der Waals surface area contributed by atoms with Gasteiger partial charge in [-0.1, -0.05) is 30.3 Å². The Morgan fingerprint density at radius 3 is 2.07 bits per heavy atom. The van der Waals surface area contributed by atoms with Crippen molar-refractivity contribution in [2.45, 2.75) is 44.4 Å². The van der Waals surface area contributed by atoms with Crippen molar-refractivity contribution in [3.05, 3.63) is 35.9 Å². The molecule has 29 heavy (non-hydrogen) atoms. The third-order valence-corrected chi connectivity index (χ3v) is 4.84. The summed E-state index contributed by atoms with van der Waals surface area (Å²) in [5.74, 6) is -4.05. The Bertz CT molecular complexity index is 771. The second kappa shape index (κ2) is 8.60.